The van der Waals surface area contributed by atoms with Gasteiger partial charge in [-0.2, -0.15) is 5.10 Å². The Hall–Kier alpha value is -3.00. The summed E-state index contributed by atoms with van der Waals surface area (Å²) in [6.07, 6.45) is 2.34. The van der Waals surface area contributed by atoms with Gasteiger partial charge >= 0.3 is 0 Å². The van der Waals surface area contributed by atoms with Crippen LogP contribution < -0.4 is 10.9 Å². The zero-order valence-electron chi connectivity index (χ0n) is 15.0. The summed E-state index contributed by atoms with van der Waals surface area (Å²) in [6.45, 7) is 3.72. The van der Waals surface area contributed by atoms with E-state index in [4.69, 9.17) is 0 Å². The zero-order chi connectivity index (χ0) is 19.0. The Morgan fingerprint density at radius 2 is 2.15 bits per heavy atom. The Bertz CT molecular complexity index is 1180. The van der Waals surface area contributed by atoms with E-state index in [0.29, 0.717) is 11.9 Å². The Labute approximate surface area is 159 Å². The third-order valence-corrected chi connectivity index (χ3v) is 5.34. The van der Waals surface area contributed by atoms with Crippen molar-refractivity contribution in [3.05, 3.63) is 63.8 Å². The number of rotatable bonds is 5. The van der Waals surface area contributed by atoms with Crippen molar-refractivity contribution in [1.82, 2.24) is 24.5 Å². The summed E-state index contributed by atoms with van der Waals surface area (Å²) < 4.78 is 4.17. The van der Waals surface area contributed by atoms with Crippen molar-refractivity contribution in [3.8, 4) is 0 Å². The first-order valence-corrected chi connectivity index (χ1v) is 9.65. The third kappa shape index (κ3) is 3.12. The zero-order valence-corrected chi connectivity index (χ0v) is 15.9. The largest absolute Gasteiger partial charge is 0.346 e. The Kier molecular flexibility index (Phi) is 4.49. The number of nitrogens with zero attached hydrogens (tertiary/aromatic N) is 4. The van der Waals surface area contributed by atoms with Gasteiger partial charge in [-0.1, -0.05) is 13.0 Å². The van der Waals surface area contributed by atoms with E-state index in [1.54, 1.807) is 17.5 Å². The fourth-order valence-electron chi connectivity index (χ4n) is 3.19. The molecule has 7 nitrogen and oxygen atoms in total. The van der Waals surface area contributed by atoms with Crippen LogP contribution in [0.1, 0.15) is 31.4 Å². The van der Waals surface area contributed by atoms with Crippen molar-refractivity contribution in [3.63, 3.8) is 0 Å². The molecule has 0 saturated carbocycles. The summed E-state index contributed by atoms with van der Waals surface area (Å²) >= 11 is 1.58. The molecule has 0 radical (unpaired) electrons. The molecule has 1 N–H and O–H groups in total. The summed E-state index contributed by atoms with van der Waals surface area (Å²) in [4.78, 5) is 29.6. The van der Waals surface area contributed by atoms with Gasteiger partial charge in [-0.05, 0) is 36.6 Å². The van der Waals surface area contributed by atoms with Crippen LogP contribution in [0, 0.1) is 0 Å². The number of thiophene rings is 1. The molecule has 0 aromatic carbocycles. The van der Waals surface area contributed by atoms with Gasteiger partial charge in [0.25, 0.3) is 5.56 Å². The number of hydrogen-bond acceptors (Lipinski definition) is 5. The van der Waals surface area contributed by atoms with Crippen molar-refractivity contribution in [2.75, 3.05) is 0 Å². The summed E-state index contributed by atoms with van der Waals surface area (Å²) in [6, 6.07) is 9.15. The lowest BCUT2D eigenvalue weighted by atomic mass is 10.2. The van der Waals surface area contributed by atoms with E-state index in [1.807, 2.05) is 54.0 Å². The molecule has 27 heavy (non-hydrogen) atoms. The highest BCUT2D eigenvalue weighted by atomic mass is 32.1. The van der Waals surface area contributed by atoms with Crippen LogP contribution in [0.5, 0.6) is 0 Å². The second kappa shape index (κ2) is 6.96. The van der Waals surface area contributed by atoms with Crippen molar-refractivity contribution >= 4 is 33.0 Å². The van der Waals surface area contributed by atoms with E-state index in [9.17, 15) is 9.59 Å². The maximum atomic E-state index is 12.8. The first kappa shape index (κ1) is 17.4. The first-order valence-electron chi connectivity index (χ1n) is 8.77. The van der Waals surface area contributed by atoms with Crippen LogP contribution >= 0.6 is 11.3 Å². The molecule has 0 saturated heterocycles. The van der Waals surface area contributed by atoms with Crippen LogP contribution in [0.4, 0.5) is 0 Å². The van der Waals surface area contributed by atoms with Gasteiger partial charge in [0.1, 0.15) is 17.9 Å². The molecule has 4 aromatic rings. The highest BCUT2D eigenvalue weighted by Crippen LogP contribution is 2.24. The van der Waals surface area contributed by atoms with Crippen molar-refractivity contribution < 1.29 is 4.79 Å². The number of carbonyl (C=O) groups excluding carboxylic acids is 1. The van der Waals surface area contributed by atoms with Crippen LogP contribution in [0.25, 0.3) is 15.7 Å². The lowest BCUT2D eigenvalue weighted by Crippen LogP contribution is -2.36. The molecule has 0 spiro atoms. The van der Waals surface area contributed by atoms with E-state index in [2.05, 4.69) is 15.4 Å². The van der Waals surface area contributed by atoms with E-state index in [1.165, 1.54) is 4.68 Å². The molecule has 8 heteroatoms. The SMILES string of the molecule is CCc1nn(CC(=O)N[C@H](C)c2ccccn2)c(=O)c2cc3sccc3n12. The normalized spacial score (nSPS) is 12.5. The molecular formula is C19H19N5O2S. The van der Waals surface area contributed by atoms with E-state index < -0.39 is 0 Å². The number of aryl methyl sites for hydroxylation is 1. The molecule has 138 valence electrons. The van der Waals surface area contributed by atoms with Crippen LogP contribution in [0.3, 0.4) is 0 Å². The van der Waals surface area contributed by atoms with Crippen molar-refractivity contribution in [2.45, 2.75) is 32.9 Å². The van der Waals surface area contributed by atoms with E-state index in [-0.39, 0.29) is 24.1 Å². The molecule has 1 amide bonds. The Morgan fingerprint density at radius 1 is 1.30 bits per heavy atom. The Morgan fingerprint density at radius 3 is 2.89 bits per heavy atom. The fraction of sp³-hybridized carbons (Fsp3) is 0.263. The lowest BCUT2D eigenvalue weighted by Gasteiger charge is -2.14. The number of hydrogen-bond donors (Lipinski definition) is 1. The average Bonchev–Trinajstić information content (AvgIpc) is 3.26. The molecule has 0 aliphatic rings. The van der Waals surface area contributed by atoms with Gasteiger partial charge < -0.3 is 5.32 Å². The number of carbonyl (C=O) groups is 1. The molecular weight excluding hydrogens is 362 g/mol. The summed E-state index contributed by atoms with van der Waals surface area (Å²) in [5.74, 6) is 0.478. The van der Waals surface area contributed by atoms with Gasteiger partial charge in [0.2, 0.25) is 5.91 Å². The number of nitrogens with one attached hydrogen (secondary N) is 1. The number of aromatic nitrogens is 4. The number of amides is 1. The van der Waals surface area contributed by atoms with E-state index in [0.717, 1.165) is 21.7 Å². The van der Waals surface area contributed by atoms with Crippen LogP contribution in [-0.2, 0) is 17.8 Å². The predicted octanol–water partition coefficient (Wildman–Crippen LogP) is 2.55. The van der Waals surface area contributed by atoms with Gasteiger partial charge in [-0.3, -0.25) is 19.0 Å². The quantitative estimate of drug-likeness (QED) is 0.576. The van der Waals surface area contributed by atoms with Gasteiger partial charge in [0.15, 0.2) is 0 Å². The minimum absolute atomic E-state index is 0.127. The highest BCUT2D eigenvalue weighted by Gasteiger charge is 2.17. The monoisotopic (exact) mass is 381 g/mol. The van der Waals surface area contributed by atoms with Gasteiger partial charge in [-0.15, -0.1) is 11.3 Å². The minimum atomic E-state index is -0.275. The molecule has 4 heterocycles. The van der Waals surface area contributed by atoms with Crippen LogP contribution in [-0.4, -0.2) is 25.1 Å². The molecule has 4 rings (SSSR count). The predicted molar refractivity (Wildman–Crippen MR) is 105 cm³/mol. The minimum Gasteiger partial charge on any atom is -0.346 e. The molecule has 0 fully saturated rings. The maximum Gasteiger partial charge on any atom is 0.291 e. The van der Waals surface area contributed by atoms with Gasteiger partial charge in [0.05, 0.1) is 22.0 Å². The molecule has 0 bridgehead atoms. The van der Waals surface area contributed by atoms with Crippen molar-refractivity contribution in [1.29, 1.82) is 0 Å². The maximum absolute atomic E-state index is 12.8. The van der Waals surface area contributed by atoms with Crippen LogP contribution in [0.2, 0.25) is 0 Å². The Balaban J connectivity index is 1.64. The van der Waals surface area contributed by atoms with Gasteiger partial charge in [-0.25, -0.2) is 4.68 Å². The first-order chi connectivity index (χ1) is 13.1. The number of pyridine rings is 1. The second-order valence-electron chi connectivity index (χ2n) is 6.31. The molecule has 0 unspecified atom stereocenters. The van der Waals surface area contributed by atoms with E-state index >= 15 is 0 Å². The smallest absolute Gasteiger partial charge is 0.291 e. The third-order valence-electron chi connectivity index (χ3n) is 4.49. The average molecular weight is 381 g/mol. The second-order valence-corrected chi connectivity index (χ2v) is 7.26. The lowest BCUT2D eigenvalue weighted by molar-refractivity contribution is -0.122. The van der Waals surface area contributed by atoms with Crippen LogP contribution in [0.15, 0.2) is 46.7 Å². The molecule has 4 aromatic heterocycles. The highest BCUT2D eigenvalue weighted by molar-refractivity contribution is 7.17. The summed E-state index contributed by atoms with van der Waals surface area (Å²) in [7, 11) is 0. The molecule has 1 atom stereocenters. The molecule has 0 aliphatic carbocycles. The topological polar surface area (TPSA) is 81.3 Å². The standard InChI is InChI=1S/C19H19N5O2S/c1-3-17-22-23(11-18(25)21-12(2)13-6-4-5-8-20-13)19(26)15-10-16-14(24(15)17)7-9-27-16/h4-10,12H,3,11H2,1-2H3,(H,21,25)/t12-/m1/s1. The summed E-state index contributed by atoms with van der Waals surface area (Å²) in [5.41, 5.74) is 2.03. The molecule has 0 aliphatic heterocycles. The fourth-order valence-corrected chi connectivity index (χ4v) is 3.99. The summed E-state index contributed by atoms with van der Waals surface area (Å²) in [5, 5.41) is 9.30. The number of fused-ring (bicyclic) bond motifs is 3. The van der Waals surface area contributed by atoms with Gasteiger partial charge in [0, 0.05) is 12.6 Å². The van der Waals surface area contributed by atoms with Crippen molar-refractivity contribution in [2.24, 2.45) is 0 Å².